The van der Waals surface area contributed by atoms with Crippen LogP contribution in [0, 0.1) is 0 Å². The summed E-state index contributed by atoms with van der Waals surface area (Å²) in [5, 5.41) is 10.5. The van der Waals surface area contributed by atoms with Crippen LogP contribution in [0.5, 0.6) is 5.75 Å². The zero-order chi connectivity index (χ0) is 12.3. The van der Waals surface area contributed by atoms with Crippen LogP contribution in [0.25, 0.3) is 0 Å². The Morgan fingerprint density at radius 2 is 2.35 bits per heavy atom. The highest BCUT2D eigenvalue weighted by molar-refractivity contribution is 8.00. The monoisotopic (exact) mass is 252 g/mol. The van der Waals surface area contributed by atoms with Crippen molar-refractivity contribution in [2.75, 3.05) is 24.6 Å². The molecule has 1 atom stereocenters. The zero-order valence-corrected chi connectivity index (χ0v) is 11.0. The van der Waals surface area contributed by atoms with E-state index in [1.807, 2.05) is 6.07 Å². The van der Waals surface area contributed by atoms with Crippen LogP contribution in [-0.4, -0.2) is 34.1 Å². The second-order valence-electron chi connectivity index (χ2n) is 4.52. The van der Waals surface area contributed by atoms with Crippen molar-refractivity contribution in [3.8, 4) is 5.75 Å². The maximum absolute atomic E-state index is 9.80. The van der Waals surface area contributed by atoms with E-state index in [1.54, 1.807) is 12.1 Å². The molecule has 0 saturated carbocycles. The van der Waals surface area contributed by atoms with E-state index < -0.39 is 0 Å². The Labute approximate surface area is 107 Å². The van der Waals surface area contributed by atoms with Crippen LogP contribution in [-0.2, 0) is 6.54 Å². The highest BCUT2D eigenvalue weighted by atomic mass is 32.2. The Hall–Kier alpha value is -0.870. The van der Waals surface area contributed by atoms with E-state index >= 15 is 0 Å². The summed E-state index contributed by atoms with van der Waals surface area (Å²) in [7, 11) is 0. The van der Waals surface area contributed by atoms with Crippen molar-refractivity contribution in [2.45, 2.75) is 25.1 Å². The molecule has 1 unspecified atom stereocenters. The largest absolute Gasteiger partial charge is 0.508 e. The van der Waals surface area contributed by atoms with Crippen molar-refractivity contribution >= 4 is 17.4 Å². The van der Waals surface area contributed by atoms with Crippen molar-refractivity contribution in [3.05, 3.63) is 23.8 Å². The van der Waals surface area contributed by atoms with Crippen molar-refractivity contribution in [1.29, 1.82) is 0 Å². The fourth-order valence-corrected chi connectivity index (χ4v) is 3.39. The molecule has 1 aromatic rings. The molecule has 1 heterocycles. The van der Waals surface area contributed by atoms with Crippen LogP contribution in [0.4, 0.5) is 5.69 Å². The fourth-order valence-electron chi connectivity index (χ4n) is 2.14. The van der Waals surface area contributed by atoms with Gasteiger partial charge in [-0.05, 0) is 24.6 Å². The highest BCUT2D eigenvalue weighted by Gasteiger charge is 2.19. The molecule has 3 nitrogen and oxygen atoms in total. The van der Waals surface area contributed by atoms with Gasteiger partial charge in [0.2, 0.25) is 0 Å². The Bertz CT molecular complexity index is 384. The molecule has 0 bridgehead atoms. The summed E-state index contributed by atoms with van der Waals surface area (Å²) in [6.07, 6.45) is 1.21. The van der Waals surface area contributed by atoms with Crippen molar-refractivity contribution in [1.82, 2.24) is 4.90 Å². The number of hydrogen-bond donors (Lipinski definition) is 2. The number of nitrogen functional groups attached to an aromatic ring is 1. The minimum atomic E-state index is 0.352. The number of nitrogens with two attached hydrogens (primary N) is 1. The average Bonchev–Trinajstić information content (AvgIpc) is 2.34. The van der Waals surface area contributed by atoms with Gasteiger partial charge in [0.15, 0.2) is 0 Å². The molecule has 0 amide bonds. The molecular weight excluding hydrogens is 232 g/mol. The Morgan fingerprint density at radius 1 is 1.53 bits per heavy atom. The number of rotatable bonds is 3. The number of nitrogens with zero attached hydrogens (tertiary/aromatic N) is 1. The Balaban J connectivity index is 2.02. The molecule has 1 aliphatic rings. The fraction of sp³-hybridized carbons (Fsp3) is 0.538. The summed E-state index contributed by atoms with van der Waals surface area (Å²) < 4.78 is 0. The second-order valence-corrected chi connectivity index (χ2v) is 5.93. The first-order chi connectivity index (χ1) is 8.19. The molecule has 94 valence electrons. The number of hydrogen-bond acceptors (Lipinski definition) is 4. The van der Waals surface area contributed by atoms with E-state index in [1.165, 1.54) is 12.2 Å². The number of phenolic OH excluding ortho intramolecular Hbond substituents is 1. The predicted octanol–water partition coefficient (Wildman–Crippen LogP) is 2.30. The third kappa shape index (κ3) is 3.30. The van der Waals surface area contributed by atoms with E-state index in [2.05, 4.69) is 23.6 Å². The Morgan fingerprint density at radius 3 is 3.12 bits per heavy atom. The topological polar surface area (TPSA) is 49.5 Å². The lowest BCUT2D eigenvalue weighted by atomic mass is 10.1. The lowest BCUT2D eigenvalue weighted by molar-refractivity contribution is 0.269. The average molecular weight is 252 g/mol. The minimum Gasteiger partial charge on any atom is -0.508 e. The SMILES string of the molecule is CCC1CN(Cc2cc(N)ccc2O)CCS1. The van der Waals surface area contributed by atoms with E-state index in [0.29, 0.717) is 5.75 Å². The normalized spacial score (nSPS) is 21.6. The van der Waals surface area contributed by atoms with Crippen molar-refractivity contribution < 1.29 is 5.11 Å². The van der Waals surface area contributed by atoms with Gasteiger partial charge in [-0.25, -0.2) is 0 Å². The third-order valence-corrected chi connectivity index (χ3v) is 4.55. The van der Waals surface area contributed by atoms with Gasteiger partial charge in [0.1, 0.15) is 5.75 Å². The van der Waals surface area contributed by atoms with Gasteiger partial charge in [-0.15, -0.1) is 0 Å². The number of benzene rings is 1. The summed E-state index contributed by atoms with van der Waals surface area (Å²) in [6, 6.07) is 5.29. The van der Waals surface area contributed by atoms with Crippen molar-refractivity contribution in [3.63, 3.8) is 0 Å². The zero-order valence-electron chi connectivity index (χ0n) is 10.2. The molecule has 0 aromatic heterocycles. The first kappa shape index (κ1) is 12.6. The first-order valence-corrected chi connectivity index (χ1v) is 7.15. The molecular formula is C13H20N2OS. The lowest BCUT2D eigenvalue weighted by Gasteiger charge is -2.32. The molecule has 2 rings (SSSR count). The van der Waals surface area contributed by atoms with Crippen LogP contribution in [0.3, 0.4) is 0 Å². The van der Waals surface area contributed by atoms with Crippen LogP contribution in [0.1, 0.15) is 18.9 Å². The molecule has 0 spiro atoms. The van der Waals surface area contributed by atoms with E-state index in [0.717, 1.165) is 36.1 Å². The van der Waals surface area contributed by atoms with Gasteiger partial charge in [0, 0.05) is 41.9 Å². The van der Waals surface area contributed by atoms with Gasteiger partial charge in [0.25, 0.3) is 0 Å². The second kappa shape index (κ2) is 5.65. The summed E-state index contributed by atoms with van der Waals surface area (Å²) in [4.78, 5) is 2.40. The first-order valence-electron chi connectivity index (χ1n) is 6.10. The van der Waals surface area contributed by atoms with Gasteiger partial charge in [-0.2, -0.15) is 11.8 Å². The van der Waals surface area contributed by atoms with Gasteiger partial charge < -0.3 is 10.8 Å². The number of aromatic hydroxyl groups is 1. The van der Waals surface area contributed by atoms with E-state index in [9.17, 15) is 5.11 Å². The standard InChI is InChI=1S/C13H20N2OS/c1-2-12-9-15(5-6-17-12)8-10-7-11(14)3-4-13(10)16/h3-4,7,12,16H,2,5-6,8-9,14H2,1H3. The molecule has 1 aliphatic heterocycles. The molecule has 1 aromatic carbocycles. The molecule has 3 N–H and O–H groups in total. The molecule has 1 fully saturated rings. The van der Waals surface area contributed by atoms with Gasteiger partial charge in [0.05, 0.1) is 0 Å². The molecule has 17 heavy (non-hydrogen) atoms. The van der Waals surface area contributed by atoms with Crippen LogP contribution in [0.2, 0.25) is 0 Å². The maximum Gasteiger partial charge on any atom is 0.120 e. The predicted molar refractivity (Wildman–Crippen MR) is 74.3 cm³/mol. The maximum atomic E-state index is 9.80. The van der Waals surface area contributed by atoms with Gasteiger partial charge in [-0.3, -0.25) is 4.90 Å². The quantitative estimate of drug-likeness (QED) is 0.640. The molecule has 0 radical (unpaired) electrons. The van der Waals surface area contributed by atoms with Crippen molar-refractivity contribution in [2.24, 2.45) is 0 Å². The van der Waals surface area contributed by atoms with Crippen LogP contribution < -0.4 is 5.73 Å². The number of thioether (sulfide) groups is 1. The molecule has 4 heteroatoms. The summed E-state index contributed by atoms with van der Waals surface area (Å²) in [5.74, 6) is 1.53. The number of anilines is 1. The van der Waals surface area contributed by atoms with Crippen LogP contribution in [0.15, 0.2) is 18.2 Å². The third-order valence-electron chi connectivity index (χ3n) is 3.18. The van der Waals surface area contributed by atoms with E-state index in [-0.39, 0.29) is 0 Å². The minimum absolute atomic E-state index is 0.352. The lowest BCUT2D eigenvalue weighted by Crippen LogP contribution is -2.37. The Kier molecular flexibility index (Phi) is 4.18. The molecule has 0 aliphatic carbocycles. The summed E-state index contributed by atoms with van der Waals surface area (Å²) >= 11 is 2.06. The van der Waals surface area contributed by atoms with Gasteiger partial charge in [-0.1, -0.05) is 6.92 Å². The number of phenols is 1. The van der Waals surface area contributed by atoms with Gasteiger partial charge >= 0.3 is 0 Å². The smallest absolute Gasteiger partial charge is 0.120 e. The summed E-state index contributed by atoms with van der Waals surface area (Å²) in [5.41, 5.74) is 7.41. The van der Waals surface area contributed by atoms with E-state index in [4.69, 9.17) is 5.73 Å². The van der Waals surface area contributed by atoms with Crippen LogP contribution >= 0.6 is 11.8 Å². The summed E-state index contributed by atoms with van der Waals surface area (Å²) in [6.45, 7) is 5.23. The molecule has 1 saturated heterocycles. The highest BCUT2D eigenvalue weighted by Crippen LogP contribution is 2.26.